The molecule has 0 aromatic heterocycles. The summed E-state index contributed by atoms with van der Waals surface area (Å²) >= 11 is 0. The number of carbonyl (C=O) groups is 1. The molecule has 1 amide bonds. The summed E-state index contributed by atoms with van der Waals surface area (Å²) in [5.41, 5.74) is 2.29. The Balaban J connectivity index is 1.49. The first-order valence-electron chi connectivity index (χ1n) is 9.76. The largest absolute Gasteiger partial charge is 0.508 e. The van der Waals surface area contributed by atoms with Crippen molar-refractivity contribution < 1.29 is 9.90 Å². The van der Waals surface area contributed by atoms with Crippen LogP contribution in [0.1, 0.15) is 31.4 Å². The number of rotatable bonds is 7. The Morgan fingerprint density at radius 1 is 1.04 bits per heavy atom. The van der Waals surface area contributed by atoms with Crippen LogP contribution in [0.25, 0.3) is 0 Å². The smallest absolute Gasteiger partial charge is 0.234 e. The third-order valence-electron chi connectivity index (χ3n) is 5.07. The molecular weight excluding hydrogens is 338 g/mol. The van der Waals surface area contributed by atoms with E-state index >= 15 is 0 Å². The number of aromatic hydroxyl groups is 1. The number of anilines is 1. The molecule has 1 saturated heterocycles. The van der Waals surface area contributed by atoms with Gasteiger partial charge in [0.25, 0.3) is 0 Å². The van der Waals surface area contributed by atoms with Gasteiger partial charge in [-0.2, -0.15) is 0 Å². The molecule has 0 spiro atoms. The number of hydrogen-bond donors (Lipinski definition) is 2. The lowest BCUT2D eigenvalue weighted by molar-refractivity contribution is -0.123. The first kappa shape index (κ1) is 19.2. The van der Waals surface area contributed by atoms with Crippen LogP contribution >= 0.6 is 0 Å². The van der Waals surface area contributed by atoms with Gasteiger partial charge in [0.2, 0.25) is 5.91 Å². The number of benzene rings is 2. The highest BCUT2D eigenvalue weighted by Gasteiger charge is 2.21. The highest BCUT2D eigenvalue weighted by molar-refractivity contribution is 5.78. The van der Waals surface area contributed by atoms with Gasteiger partial charge in [0.05, 0.1) is 12.6 Å². The Bertz CT molecular complexity index is 710. The van der Waals surface area contributed by atoms with Gasteiger partial charge in [0.1, 0.15) is 5.75 Å². The molecule has 2 aromatic carbocycles. The summed E-state index contributed by atoms with van der Waals surface area (Å²) < 4.78 is 0. The van der Waals surface area contributed by atoms with E-state index < -0.39 is 0 Å². The third-order valence-corrected chi connectivity index (χ3v) is 5.07. The second-order valence-electron chi connectivity index (χ2n) is 7.10. The first-order valence-corrected chi connectivity index (χ1v) is 9.76. The molecule has 1 fully saturated rings. The second kappa shape index (κ2) is 9.42. The normalized spacial score (nSPS) is 16.1. The van der Waals surface area contributed by atoms with Gasteiger partial charge in [-0.05, 0) is 36.2 Å². The molecular formula is C22H29N3O2. The summed E-state index contributed by atoms with van der Waals surface area (Å²) in [4.78, 5) is 17.1. The van der Waals surface area contributed by atoms with Crippen molar-refractivity contribution in [3.8, 4) is 5.75 Å². The molecule has 1 heterocycles. The zero-order valence-electron chi connectivity index (χ0n) is 16.0. The van der Waals surface area contributed by atoms with Crippen LogP contribution in [0.5, 0.6) is 5.75 Å². The first-order chi connectivity index (χ1) is 13.2. The van der Waals surface area contributed by atoms with E-state index in [0.717, 1.165) is 44.7 Å². The van der Waals surface area contributed by atoms with Crippen molar-refractivity contribution in [2.45, 2.75) is 25.8 Å². The van der Waals surface area contributed by atoms with Crippen LogP contribution < -0.4 is 10.2 Å². The van der Waals surface area contributed by atoms with Crippen LogP contribution in [0, 0.1) is 0 Å². The Hall–Kier alpha value is -2.53. The van der Waals surface area contributed by atoms with E-state index in [1.165, 1.54) is 5.56 Å². The van der Waals surface area contributed by atoms with Gasteiger partial charge in [-0.3, -0.25) is 9.69 Å². The van der Waals surface area contributed by atoms with Gasteiger partial charge in [-0.25, -0.2) is 0 Å². The van der Waals surface area contributed by atoms with Crippen LogP contribution in [0.4, 0.5) is 5.69 Å². The fourth-order valence-corrected chi connectivity index (χ4v) is 3.57. The van der Waals surface area contributed by atoms with E-state index in [4.69, 9.17) is 0 Å². The van der Waals surface area contributed by atoms with E-state index in [1.807, 2.05) is 30.3 Å². The number of phenolic OH excluding ortho intramolecular Hbond substituents is 1. The molecule has 2 aromatic rings. The lowest BCUT2D eigenvalue weighted by Crippen LogP contribution is -2.49. The summed E-state index contributed by atoms with van der Waals surface area (Å²) in [6.07, 6.45) is 1.98. The van der Waals surface area contributed by atoms with Crippen molar-refractivity contribution in [1.82, 2.24) is 10.2 Å². The number of piperazine rings is 1. The zero-order chi connectivity index (χ0) is 19.1. The van der Waals surface area contributed by atoms with E-state index in [9.17, 15) is 9.90 Å². The summed E-state index contributed by atoms with van der Waals surface area (Å²) in [6, 6.07) is 17.6. The monoisotopic (exact) mass is 367 g/mol. The van der Waals surface area contributed by atoms with Crippen LogP contribution in [-0.4, -0.2) is 48.6 Å². The molecule has 1 aliphatic rings. The van der Waals surface area contributed by atoms with Crippen molar-refractivity contribution in [3.63, 3.8) is 0 Å². The Labute approximate surface area is 161 Å². The third kappa shape index (κ3) is 5.47. The zero-order valence-corrected chi connectivity index (χ0v) is 16.0. The Morgan fingerprint density at radius 2 is 1.70 bits per heavy atom. The fraction of sp³-hybridized carbons (Fsp3) is 0.409. The van der Waals surface area contributed by atoms with Gasteiger partial charge in [-0.1, -0.05) is 43.7 Å². The number of nitrogens with one attached hydrogen (secondary N) is 1. The Kier molecular flexibility index (Phi) is 6.71. The van der Waals surface area contributed by atoms with E-state index in [1.54, 1.807) is 12.1 Å². The number of carbonyl (C=O) groups excluding carboxylic acids is 1. The molecule has 3 rings (SSSR count). The molecule has 5 heteroatoms. The average Bonchev–Trinajstić information content (AvgIpc) is 2.70. The molecule has 0 bridgehead atoms. The molecule has 27 heavy (non-hydrogen) atoms. The molecule has 0 unspecified atom stereocenters. The lowest BCUT2D eigenvalue weighted by Gasteiger charge is -2.36. The number of hydrogen-bond acceptors (Lipinski definition) is 4. The van der Waals surface area contributed by atoms with Gasteiger partial charge >= 0.3 is 0 Å². The summed E-state index contributed by atoms with van der Waals surface area (Å²) in [5, 5.41) is 12.6. The number of nitrogens with zero attached hydrogens (tertiary/aromatic N) is 2. The van der Waals surface area contributed by atoms with E-state index in [2.05, 4.69) is 34.2 Å². The van der Waals surface area contributed by atoms with Crippen molar-refractivity contribution in [2.75, 3.05) is 37.6 Å². The van der Waals surface area contributed by atoms with Gasteiger partial charge in [-0.15, -0.1) is 0 Å². The van der Waals surface area contributed by atoms with Crippen molar-refractivity contribution >= 4 is 11.6 Å². The van der Waals surface area contributed by atoms with Crippen LogP contribution in [0.2, 0.25) is 0 Å². The number of phenols is 1. The van der Waals surface area contributed by atoms with E-state index in [-0.39, 0.29) is 17.7 Å². The molecule has 144 valence electrons. The summed E-state index contributed by atoms with van der Waals surface area (Å²) in [6.45, 7) is 6.07. The van der Waals surface area contributed by atoms with Crippen molar-refractivity contribution in [2.24, 2.45) is 0 Å². The number of amides is 1. The molecule has 0 aliphatic carbocycles. The maximum Gasteiger partial charge on any atom is 0.234 e. The molecule has 5 nitrogen and oxygen atoms in total. The maximum atomic E-state index is 12.6. The second-order valence-corrected chi connectivity index (χ2v) is 7.10. The van der Waals surface area contributed by atoms with Crippen LogP contribution in [0.15, 0.2) is 54.6 Å². The fourth-order valence-electron chi connectivity index (χ4n) is 3.57. The SMILES string of the molecule is CCC[C@H](NC(=O)CN1CCN(c2ccc(O)cc2)CC1)c1ccccc1. The summed E-state index contributed by atoms with van der Waals surface area (Å²) in [5.74, 6) is 0.379. The molecule has 1 aliphatic heterocycles. The minimum absolute atomic E-state index is 0.0852. The van der Waals surface area contributed by atoms with Gasteiger partial charge < -0.3 is 15.3 Å². The standard InChI is InChI=1S/C22H29N3O2/c1-2-6-21(18-7-4-3-5-8-18)23-22(27)17-24-13-15-25(16-14-24)19-9-11-20(26)12-10-19/h3-5,7-12,21,26H,2,6,13-17H2,1H3,(H,23,27)/t21-/m0/s1. The topological polar surface area (TPSA) is 55.8 Å². The van der Waals surface area contributed by atoms with Crippen molar-refractivity contribution in [3.05, 3.63) is 60.2 Å². The van der Waals surface area contributed by atoms with Gasteiger partial charge in [0, 0.05) is 31.9 Å². The summed E-state index contributed by atoms with van der Waals surface area (Å²) in [7, 11) is 0. The predicted octanol–water partition coefficient (Wildman–Crippen LogP) is 3.17. The van der Waals surface area contributed by atoms with E-state index in [0.29, 0.717) is 6.54 Å². The molecule has 2 N–H and O–H groups in total. The minimum Gasteiger partial charge on any atom is -0.508 e. The average molecular weight is 367 g/mol. The highest BCUT2D eigenvalue weighted by atomic mass is 16.3. The maximum absolute atomic E-state index is 12.6. The predicted molar refractivity (Wildman–Crippen MR) is 109 cm³/mol. The highest BCUT2D eigenvalue weighted by Crippen LogP contribution is 2.20. The Morgan fingerprint density at radius 3 is 2.33 bits per heavy atom. The quantitative estimate of drug-likeness (QED) is 0.789. The minimum atomic E-state index is 0.0852. The van der Waals surface area contributed by atoms with Crippen LogP contribution in [-0.2, 0) is 4.79 Å². The molecule has 0 saturated carbocycles. The van der Waals surface area contributed by atoms with Gasteiger partial charge in [0.15, 0.2) is 0 Å². The van der Waals surface area contributed by atoms with Crippen LogP contribution in [0.3, 0.4) is 0 Å². The molecule has 0 radical (unpaired) electrons. The lowest BCUT2D eigenvalue weighted by atomic mass is 10.0. The molecule has 1 atom stereocenters. The van der Waals surface area contributed by atoms with Crippen molar-refractivity contribution in [1.29, 1.82) is 0 Å².